The second kappa shape index (κ2) is 5.92. The first-order valence-corrected chi connectivity index (χ1v) is 5.60. The average Bonchev–Trinajstić information content (AvgIpc) is 2.64. The van der Waals surface area contributed by atoms with E-state index in [1.54, 1.807) is 19.4 Å². The Kier molecular flexibility index (Phi) is 4.84. The summed E-state index contributed by atoms with van der Waals surface area (Å²) in [4.78, 5) is 14.6. The van der Waals surface area contributed by atoms with E-state index in [2.05, 4.69) is 26.2 Å². The summed E-state index contributed by atoms with van der Waals surface area (Å²) >= 11 is 3.28. The molecule has 15 heavy (non-hydrogen) atoms. The number of hydrogen-bond donors (Lipinski definition) is 2. The van der Waals surface area contributed by atoms with E-state index in [0.29, 0.717) is 12.3 Å². The molecule has 1 unspecified atom stereocenters. The zero-order chi connectivity index (χ0) is 11.3. The van der Waals surface area contributed by atoms with Crippen LogP contribution >= 0.6 is 15.9 Å². The van der Waals surface area contributed by atoms with E-state index in [0.717, 1.165) is 10.9 Å². The van der Waals surface area contributed by atoms with Gasteiger partial charge < -0.3 is 15.0 Å². The maximum atomic E-state index is 11.7. The number of hydrogen-bond acceptors (Lipinski definition) is 2. The molecule has 1 amide bonds. The molecule has 1 atom stereocenters. The van der Waals surface area contributed by atoms with Gasteiger partial charge in [0.05, 0.1) is 12.6 Å². The Morgan fingerprint density at radius 1 is 1.73 bits per heavy atom. The molecule has 0 saturated heterocycles. The minimum Gasteiger partial charge on any atom is -0.383 e. The summed E-state index contributed by atoms with van der Waals surface area (Å²) in [5, 5.41) is 2.88. The molecule has 2 N–H and O–H groups in total. The highest BCUT2D eigenvalue weighted by molar-refractivity contribution is 9.10. The maximum Gasteiger partial charge on any atom is 0.268 e. The third kappa shape index (κ3) is 3.68. The van der Waals surface area contributed by atoms with E-state index in [1.807, 2.05) is 6.92 Å². The molecule has 1 aromatic rings. The lowest BCUT2D eigenvalue weighted by molar-refractivity contribution is 0.0890. The molecular weight excluding hydrogens is 260 g/mol. The number of H-pyrrole nitrogens is 1. The van der Waals surface area contributed by atoms with Gasteiger partial charge in [-0.2, -0.15) is 0 Å². The second-order valence-electron chi connectivity index (χ2n) is 3.27. The van der Waals surface area contributed by atoms with Crippen molar-refractivity contribution in [3.8, 4) is 0 Å². The highest BCUT2D eigenvalue weighted by Crippen LogP contribution is 2.10. The number of aromatic nitrogens is 1. The predicted molar refractivity (Wildman–Crippen MR) is 61.9 cm³/mol. The molecule has 0 fully saturated rings. The third-order valence-corrected chi connectivity index (χ3v) is 2.55. The number of carbonyl (C=O) groups is 1. The second-order valence-corrected chi connectivity index (χ2v) is 4.18. The van der Waals surface area contributed by atoms with Crippen LogP contribution in [0, 0.1) is 0 Å². The van der Waals surface area contributed by atoms with Crippen LogP contribution in [0.2, 0.25) is 0 Å². The van der Waals surface area contributed by atoms with Crippen molar-refractivity contribution in [2.75, 3.05) is 13.7 Å². The summed E-state index contributed by atoms with van der Waals surface area (Å²) in [7, 11) is 1.63. The van der Waals surface area contributed by atoms with E-state index in [4.69, 9.17) is 4.74 Å². The number of nitrogens with one attached hydrogen (secondary N) is 2. The molecule has 0 radical (unpaired) electrons. The molecule has 1 aromatic heterocycles. The number of amides is 1. The Morgan fingerprint density at radius 3 is 2.93 bits per heavy atom. The molecule has 1 rings (SSSR count). The van der Waals surface area contributed by atoms with Gasteiger partial charge in [-0.1, -0.05) is 6.92 Å². The van der Waals surface area contributed by atoms with Gasteiger partial charge in [0.25, 0.3) is 5.91 Å². The van der Waals surface area contributed by atoms with E-state index < -0.39 is 0 Å². The topological polar surface area (TPSA) is 54.1 Å². The highest BCUT2D eigenvalue weighted by Gasteiger charge is 2.12. The number of rotatable bonds is 5. The van der Waals surface area contributed by atoms with Gasteiger partial charge in [-0.25, -0.2) is 0 Å². The van der Waals surface area contributed by atoms with Gasteiger partial charge >= 0.3 is 0 Å². The summed E-state index contributed by atoms with van der Waals surface area (Å²) < 4.78 is 5.87. The van der Waals surface area contributed by atoms with Crippen LogP contribution in [0.25, 0.3) is 0 Å². The van der Waals surface area contributed by atoms with Gasteiger partial charge in [0.15, 0.2) is 0 Å². The van der Waals surface area contributed by atoms with Crippen molar-refractivity contribution >= 4 is 21.8 Å². The number of methoxy groups -OCH3 is 1. The SMILES string of the molecule is CCC(COC)NC(=O)c1cc(Br)c[nH]1. The molecule has 0 bridgehead atoms. The minimum absolute atomic E-state index is 0.0598. The van der Waals surface area contributed by atoms with E-state index >= 15 is 0 Å². The Morgan fingerprint density at radius 2 is 2.47 bits per heavy atom. The molecule has 1 heterocycles. The largest absolute Gasteiger partial charge is 0.383 e. The van der Waals surface area contributed by atoms with Gasteiger partial charge in [-0.05, 0) is 28.4 Å². The normalized spacial score (nSPS) is 12.5. The van der Waals surface area contributed by atoms with E-state index in [-0.39, 0.29) is 11.9 Å². The molecular formula is C10H15BrN2O2. The smallest absolute Gasteiger partial charge is 0.268 e. The Hall–Kier alpha value is -0.810. The van der Waals surface area contributed by atoms with Gasteiger partial charge in [0, 0.05) is 17.8 Å². The number of aromatic amines is 1. The third-order valence-electron chi connectivity index (χ3n) is 2.09. The lowest BCUT2D eigenvalue weighted by Crippen LogP contribution is -2.37. The first kappa shape index (κ1) is 12.3. The van der Waals surface area contributed by atoms with Crippen LogP contribution in [0.15, 0.2) is 16.7 Å². The number of halogens is 1. The molecule has 0 aromatic carbocycles. The molecule has 5 heteroatoms. The summed E-state index contributed by atoms with van der Waals surface area (Å²) in [6.07, 6.45) is 2.58. The highest BCUT2D eigenvalue weighted by atomic mass is 79.9. The van der Waals surface area contributed by atoms with Crippen molar-refractivity contribution in [1.29, 1.82) is 0 Å². The molecule has 0 saturated carbocycles. The molecule has 0 aliphatic carbocycles. The van der Waals surface area contributed by atoms with Crippen molar-refractivity contribution < 1.29 is 9.53 Å². The van der Waals surface area contributed by atoms with Crippen LogP contribution in [0.3, 0.4) is 0 Å². The Balaban J connectivity index is 2.54. The quantitative estimate of drug-likeness (QED) is 0.862. The van der Waals surface area contributed by atoms with Crippen LogP contribution in [0.5, 0.6) is 0 Å². The lowest BCUT2D eigenvalue weighted by atomic mass is 10.2. The predicted octanol–water partition coefficient (Wildman–Crippen LogP) is 1.93. The fraction of sp³-hybridized carbons (Fsp3) is 0.500. The van der Waals surface area contributed by atoms with Crippen molar-refractivity contribution in [1.82, 2.24) is 10.3 Å². The van der Waals surface area contributed by atoms with E-state index in [1.165, 1.54) is 0 Å². The first-order chi connectivity index (χ1) is 7.17. The standard InChI is InChI=1S/C10H15BrN2O2/c1-3-8(6-15-2)13-10(14)9-4-7(11)5-12-9/h4-5,8,12H,3,6H2,1-2H3,(H,13,14). The number of carbonyl (C=O) groups excluding carboxylic acids is 1. The molecule has 0 spiro atoms. The van der Waals surface area contributed by atoms with Crippen LogP contribution in [-0.2, 0) is 4.74 Å². The Bertz CT molecular complexity index is 325. The van der Waals surface area contributed by atoms with Crippen molar-refractivity contribution in [2.45, 2.75) is 19.4 Å². The summed E-state index contributed by atoms with van der Waals surface area (Å²) in [5.74, 6) is -0.107. The monoisotopic (exact) mass is 274 g/mol. The fourth-order valence-corrected chi connectivity index (χ4v) is 1.57. The van der Waals surface area contributed by atoms with Gasteiger partial charge in [-0.3, -0.25) is 4.79 Å². The van der Waals surface area contributed by atoms with E-state index in [9.17, 15) is 4.79 Å². The molecule has 0 aliphatic heterocycles. The summed E-state index contributed by atoms with van der Waals surface area (Å²) in [6.45, 7) is 2.54. The number of ether oxygens (including phenoxy) is 1. The zero-order valence-electron chi connectivity index (χ0n) is 8.84. The molecule has 4 nitrogen and oxygen atoms in total. The summed E-state index contributed by atoms with van der Waals surface area (Å²) in [6, 6.07) is 1.80. The Labute approximate surface area is 97.5 Å². The molecule has 0 aliphatic rings. The van der Waals surface area contributed by atoms with Gasteiger partial charge in [0.1, 0.15) is 5.69 Å². The van der Waals surface area contributed by atoms with Gasteiger partial charge in [-0.15, -0.1) is 0 Å². The van der Waals surface area contributed by atoms with Crippen molar-refractivity contribution in [2.24, 2.45) is 0 Å². The van der Waals surface area contributed by atoms with Crippen LogP contribution in [0.4, 0.5) is 0 Å². The molecule has 84 valence electrons. The average molecular weight is 275 g/mol. The summed E-state index contributed by atoms with van der Waals surface area (Å²) in [5.41, 5.74) is 0.552. The lowest BCUT2D eigenvalue weighted by Gasteiger charge is -2.14. The van der Waals surface area contributed by atoms with Crippen LogP contribution < -0.4 is 5.32 Å². The van der Waals surface area contributed by atoms with Crippen LogP contribution in [-0.4, -0.2) is 30.6 Å². The van der Waals surface area contributed by atoms with Crippen molar-refractivity contribution in [3.05, 3.63) is 22.4 Å². The zero-order valence-corrected chi connectivity index (χ0v) is 10.4. The van der Waals surface area contributed by atoms with Crippen molar-refractivity contribution in [3.63, 3.8) is 0 Å². The van der Waals surface area contributed by atoms with Crippen LogP contribution in [0.1, 0.15) is 23.8 Å². The first-order valence-electron chi connectivity index (χ1n) is 4.81. The minimum atomic E-state index is -0.107. The maximum absolute atomic E-state index is 11.7. The fourth-order valence-electron chi connectivity index (χ4n) is 1.22. The van der Waals surface area contributed by atoms with Gasteiger partial charge in [0.2, 0.25) is 0 Å².